The minimum Gasteiger partial charge on any atom is -0.259 e. The first kappa shape index (κ1) is 16.1. The molecule has 28 heavy (non-hydrogen) atoms. The van der Waals surface area contributed by atoms with Crippen LogP contribution in [0.4, 0.5) is 0 Å². The maximum absolute atomic E-state index is 4.64. The van der Waals surface area contributed by atoms with Crippen molar-refractivity contribution in [1.29, 1.82) is 0 Å². The molecule has 7 heteroatoms. The third kappa shape index (κ3) is 3.05. The van der Waals surface area contributed by atoms with E-state index in [1.807, 2.05) is 78.9 Å². The molecule has 0 amide bonds. The second-order valence-electron chi connectivity index (χ2n) is 6.16. The van der Waals surface area contributed by atoms with Gasteiger partial charge in [0.25, 0.3) is 0 Å². The molecule has 3 heterocycles. The Morgan fingerprint density at radius 2 is 0.929 bits per heavy atom. The lowest BCUT2D eigenvalue weighted by atomic mass is 10.2. The van der Waals surface area contributed by atoms with Crippen LogP contribution in [0, 0.1) is 0 Å². The number of benzene rings is 2. The molecule has 5 rings (SSSR count). The van der Waals surface area contributed by atoms with Gasteiger partial charge in [-0.1, -0.05) is 66.7 Å². The van der Waals surface area contributed by atoms with Crippen molar-refractivity contribution in [3.8, 4) is 45.8 Å². The summed E-state index contributed by atoms with van der Waals surface area (Å²) in [6.45, 7) is 0. The Labute approximate surface area is 160 Å². The minimum atomic E-state index is 0.527. The first-order valence-electron chi connectivity index (χ1n) is 8.80. The molecule has 0 saturated heterocycles. The lowest BCUT2D eigenvalue weighted by molar-refractivity contribution is 1.08. The number of rotatable bonds is 4. The van der Waals surface area contributed by atoms with Crippen molar-refractivity contribution < 1.29 is 0 Å². The van der Waals surface area contributed by atoms with Crippen molar-refractivity contribution >= 4 is 0 Å². The fourth-order valence-electron chi connectivity index (χ4n) is 2.89. The molecule has 3 aromatic heterocycles. The molecule has 2 N–H and O–H groups in total. The zero-order valence-electron chi connectivity index (χ0n) is 14.7. The van der Waals surface area contributed by atoms with Crippen LogP contribution in [0.3, 0.4) is 0 Å². The monoisotopic (exact) mass is 365 g/mol. The highest BCUT2D eigenvalue weighted by atomic mass is 15.2. The van der Waals surface area contributed by atoms with Gasteiger partial charge in [0, 0.05) is 11.1 Å². The van der Waals surface area contributed by atoms with Crippen LogP contribution < -0.4 is 0 Å². The van der Waals surface area contributed by atoms with Crippen LogP contribution >= 0.6 is 0 Å². The second-order valence-corrected chi connectivity index (χ2v) is 6.16. The van der Waals surface area contributed by atoms with E-state index in [4.69, 9.17) is 0 Å². The van der Waals surface area contributed by atoms with Crippen LogP contribution in [-0.2, 0) is 0 Å². The van der Waals surface area contributed by atoms with E-state index in [1.54, 1.807) is 0 Å². The van der Waals surface area contributed by atoms with Gasteiger partial charge < -0.3 is 0 Å². The Morgan fingerprint density at radius 3 is 1.39 bits per heavy atom. The van der Waals surface area contributed by atoms with Gasteiger partial charge in [0.05, 0.1) is 0 Å². The molecule has 0 atom stereocenters. The van der Waals surface area contributed by atoms with Crippen molar-refractivity contribution in [1.82, 2.24) is 35.3 Å². The van der Waals surface area contributed by atoms with Gasteiger partial charge >= 0.3 is 0 Å². The summed E-state index contributed by atoms with van der Waals surface area (Å²) in [5.41, 5.74) is 3.25. The summed E-state index contributed by atoms with van der Waals surface area (Å²) in [4.78, 5) is 13.8. The minimum absolute atomic E-state index is 0.527. The van der Waals surface area contributed by atoms with Gasteiger partial charge in [0.15, 0.2) is 23.3 Å². The van der Waals surface area contributed by atoms with Gasteiger partial charge in [0.2, 0.25) is 0 Å². The standard InChI is InChI=1S/C21H15N7/c1-3-8-14(9-4-1)18-23-20(27-25-18)16-12-7-13-17(22-16)21-24-19(26-28-21)15-10-5-2-6-11-15/h1-13H,(H,23,25,27)(H,24,26,28). The molecule has 0 saturated carbocycles. The number of nitrogens with zero attached hydrogens (tertiary/aromatic N) is 5. The smallest absolute Gasteiger partial charge is 0.200 e. The Morgan fingerprint density at radius 1 is 0.464 bits per heavy atom. The van der Waals surface area contributed by atoms with Crippen LogP contribution in [0.25, 0.3) is 45.8 Å². The number of hydrogen-bond donors (Lipinski definition) is 2. The van der Waals surface area contributed by atoms with Crippen molar-refractivity contribution in [2.24, 2.45) is 0 Å². The third-order valence-corrected chi connectivity index (χ3v) is 4.27. The van der Waals surface area contributed by atoms with Crippen molar-refractivity contribution in [2.75, 3.05) is 0 Å². The largest absolute Gasteiger partial charge is 0.259 e. The number of H-pyrrole nitrogens is 2. The maximum Gasteiger partial charge on any atom is 0.200 e. The summed E-state index contributed by atoms with van der Waals surface area (Å²) in [5, 5.41) is 14.5. The zero-order chi connectivity index (χ0) is 18.8. The second kappa shape index (κ2) is 6.88. The summed E-state index contributed by atoms with van der Waals surface area (Å²) < 4.78 is 0. The fraction of sp³-hybridized carbons (Fsp3) is 0. The molecule has 0 fully saturated rings. The number of nitrogens with one attached hydrogen (secondary N) is 2. The van der Waals surface area contributed by atoms with Gasteiger partial charge in [0.1, 0.15) is 11.4 Å². The summed E-state index contributed by atoms with van der Waals surface area (Å²) in [6.07, 6.45) is 0. The highest BCUT2D eigenvalue weighted by Crippen LogP contribution is 2.22. The Bertz CT molecular complexity index is 1120. The van der Waals surface area contributed by atoms with Gasteiger partial charge in [-0.2, -0.15) is 10.2 Å². The molecule has 0 unspecified atom stereocenters. The lowest BCUT2D eigenvalue weighted by Gasteiger charge is -1.98. The lowest BCUT2D eigenvalue weighted by Crippen LogP contribution is -1.91. The Hall–Kier alpha value is -4.13. The van der Waals surface area contributed by atoms with Crippen molar-refractivity contribution in [3.63, 3.8) is 0 Å². The van der Waals surface area contributed by atoms with E-state index in [2.05, 4.69) is 35.3 Å². The van der Waals surface area contributed by atoms with Crippen LogP contribution in [0.1, 0.15) is 0 Å². The molecule has 5 aromatic rings. The summed E-state index contributed by atoms with van der Waals surface area (Å²) >= 11 is 0. The highest BCUT2D eigenvalue weighted by Gasteiger charge is 2.13. The average Bonchev–Trinajstić information content (AvgIpc) is 3.46. The van der Waals surface area contributed by atoms with Crippen molar-refractivity contribution in [3.05, 3.63) is 78.9 Å². The topological polar surface area (TPSA) is 96.0 Å². The third-order valence-electron chi connectivity index (χ3n) is 4.27. The molecule has 0 aliphatic heterocycles. The van der Waals surface area contributed by atoms with Crippen LogP contribution in [0.5, 0.6) is 0 Å². The molecule has 0 spiro atoms. The average molecular weight is 365 g/mol. The molecule has 134 valence electrons. The number of hydrogen-bond acceptors (Lipinski definition) is 5. The van der Waals surface area contributed by atoms with E-state index >= 15 is 0 Å². The summed E-state index contributed by atoms with van der Waals surface area (Å²) in [5.74, 6) is 2.46. The molecular formula is C21H15N7. The molecule has 0 radical (unpaired) electrons. The Kier molecular flexibility index (Phi) is 3.95. The Balaban J connectivity index is 1.46. The molecule has 7 nitrogen and oxygen atoms in total. The van der Waals surface area contributed by atoms with Crippen LogP contribution in [-0.4, -0.2) is 35.3 Å². The van der Waals surface area contributed by atoms with E-state index in [9.17, 15) is 0 Å². The molecule has 0 bridgehead atoms. The van der Waals surface area contributed by atoms with E-state index in [0.29, 0.717) is 34.7 Å². The quantitative estimate of drug-likeness (QED) is 0.502. The van der Waals surface area contributed by atoms with Gasteiger partial charge in [-0.15, -0.1) is 0 Å². The van der Waals surface area contributed by atoms with E-state index in [1.165, 1.54) is 0 Å². The number of aromatic nitrogens is 7. The van der Waals surface area contributed by atoms with E-state index in [0.717, 1.165) is 11.1 Å². The van der Waals surface area contributed by atoms with Gasteiger partial charge in [-0.3, -0.25) is 10.2 Å². The highest BCUT2D eigenvalue weighted by molar-refractivity contribution is 5.63. The fourth-order valence-corrected chi connectivity index (χ4v) is 2.89. The normalized spacial score (nSPS) is 10.9. The molecule has 2 aromatic carbocycles. The number of pyridine rings is 1. The van der Waals surface area contributed by atoms with Crippen LogP contribution in [0.15, 0.2) is 78.9 Å². The predicted molar refractivity (Wildman–Crippen MR) is 106 cm³/mol. The van der Waals surface area contributed by atoms with Gasteiger partial charge in [-0.25, -0.2) is 15.0 Å². The molecule has 0 aliphatic carbocycles. The molecular weight excluding hydrogens is 350 g/mol. The summed E-state index contributed by atoms with van der Waals surface area (Å²) in [7, 11) is 0. The summed E-state index contributed by atoms with van der Waals surface area (Å²) in [6, 6.07) is 25.3. The zero-order valence-corrected chi connectivity index (χ0v) is 14.7. The first-order valence-corrected chi connectivity index (χ1v) is 8.80. The predicted octanol–water partition coefficient (Wildman–Crippen LogP) is 3.99. The maximum atomic E-state index is 4.64. The van der Waals surface area contributed by atoms with E-state index < -0.39 is 0 Å². The van der Waals surface area contributed by atoms with E-state index in [-0.39, 0.29) is 0 Å². The first-order chi connectivity index (χ1) is 13.9. The van der Waals surface area contributed by atoms with Crippen molar-refractivity contribution in [2.45, 2.75) is 0 Å². The SMILES string of the molecule is c1ccc(-c2nc(-c3cccc(-c4n[nH]c(-c5ccccc5)n4)n3)n[nH]2)cc1. The van der Waals surface area contributed by atoms with Crippen LogP contribution in [0.2, 0.25) is 0 Å². The number of aromatic amines is 2. The molecule has 0 aliphatic rings. The van der Waals surface area contributed by atoms with Gasteiger partial charge in [-0.05, 0) is 12.1 Å².